The van der Waals surface area contributed by atoms with Gasteiger partial charge >= 0.3 is 0 Å². The summed E-state index contributed by atoms with van der Waals surface area (Å²) < 4.78 is 16.9. The van der Waals surface area contributed by atoms with E-state index in [9.17, 15) is 4.39 Å². The maximum absolute atomic E-state index is 13.9. The fourth-order valence-corrected chi connectivity index (χ4v) is 2.44. The second-order valence-electron chi connectivity index (χ2n) is 5.53. The fraction of sp³-hybridized carbons (Fsp3) is 0.312. The van der Waals surface area contributed by atoms with Gasteiger partial charge in [0.15, 0.2) is 0 Å². The third-order valence-electron chi connectivity index (χ3n) is 3.76. The van der Waals surface area contributed by atoms with Crippen molar-refractivity contribution < 1.29 is 4.39 Å². The summed E-state index contributed by atoms with van der Waals surface area (Å²) in [6.45, 7) is 6.47. The molecule has 0 atom stereocenters. The van der Waals surface area contributed by atoms with E-state index in [0.717, 1.165) is 23.5 Å². The monoisotopic (exact) mass is 342 g/mol. The lowest BCUT2D eigenvalue weighted by Crippen LogP contribution is -1.99. The number of aryl methyl sites for hydroxylation is 4. The lowest BCUT2D eigenvalue weighted by molar-refractivity contribution is 0.502. The predicted molar refractivity (Wildman–Crippen MR) is 92.8 cm³/mol. The summed E-state index contributed by atoms with van der Waals surface area (Å²) in [7, 11) is 1.54. The summed E-state index contributed by atoms with van der Waals surface area (Å²) in [5, 5.41) is 12.4. The number of hydrogen-bond acceptors (Lipinski definition) is 6. The van der Waals surface area contributed by atoms with Crippen LogP contribution in [-0.4, -0.2) is 35.7 Å². The Morgan fingerprint density at radius 3 is 2.72 bits per heavy atom. The van der Waals surface area contributed by atoms with Gasteiger partial charge in [0.05, 0.1) is 28.9 Å². The number of rotatable bonds is 5. The molecule has 0 unspecified atom stereocenters. The Labute approximate surface area is 144 Å². The first-order valence-corrected chi connectivity index (χ1v) is 7.85. The van der Waals surface area contributed by atoms with E-state index in [1.807, 2.05) is 30.8 Å². The lowest BCUT2D eigenvalue weighted by atomic mass is 10.2. The second-order valence-corrected chi connectivity index (χ2v) is 5.53. The Morgan fingerprint density at radius 1 is 1.28 bits per heavy atom. The van der Waals surface area contributed by atoms with Crippen molar-refractivity contribution in [2.24, 2.45) is 12.1 Å². The van der Waals surface area contributed by atoms with Crippen molar-refractivity contribution in [2.75, 3.05) is 5.43 Å². The van der Waals surface area contributed by atoms with E-state index in [1.54, 1.807) is 20.2 Å². The zero-order valence-electron chi connectivity index (χ0n) is 14.5. The fourth-order valence-electron chi connectivity index (χ4n) is 2.44. The zero-order chi connectivity index (χ0) is 18.0. The van der Waals surface area contributed by atoms with Gasteiger partial charge in [-0.3, -0.25) is 4.68 Å². The van der Waals surface area contributed by atoms with Crippen LogP contribution in [0.5, 0.6) is 0 Å². The molecule has 0 aliphatic carbocycles. The number of nitrogens with zero attached hydrogens (tertiary/aromatic N) is 7. The third kappa shape index (κ3) is 3.39. The van der Waals surface area contributed by atoms with Gasteiger partial charge < -0.3 is 0 Å². The van der Waals surface area contributed by atoms with Crippen LogP contribution in [0.25, 0.3) is 11.3 Å². The molecule has 3 rings (SSSR count). The summed E-state index contributed by atoms with van der Waals surface area (Å²) in [5.74, 6) is -0.125. The highest BCUT2D eigenvalue weighted by molar-refractivity contribution is 5.81. The van der Waals surface area contributed by atoms with Gasteiger partial charge in [-0.05, 0) is 26.8 Å². The maximum atomic E-state index is 13.9. The molecular formula is C16H19FN8. The first-order valence-electron chi connectivity index (χ1n) is 7.85. The highest BCUT2D eigenvalue weighted by atomic mass is 19.1. The molecule has 130 valence electrons. The number of hydrazone groups is 1. The van der Waals surface area contributed by atoms with Gasteiger partial charge in [0.2, 0.25) is 11.9 Å². The SMILES string of the molecule is CCn1cc(-c2ccnc(N/N=C/c3c(C)nn(C)c3F)n2)c(C)n1. The second kappa shape index (κ2) is 6.80. The number of hydrogen-bond donors (Lipinski definition) is 1. The van der Waals surface area contributed by atoms with Gasteiger partial charge in [-0.1, -0.05) is 0 Å². The maximum Gasteiger partial charge on any atom is 0.244 e. The van der Waals surface area contributed by atoms with Gasteiger partial charge in [0.1, 0.15) is 0 Å². The summed E-state index contributed by atoms with van der Waals surface area (Å²) in [6, 6.07) is 1.81. The Bertz CT molecular complexity index is 924. The Kier molecular flexibility index (Phi) is 4.55. The number of aromatic nitrogens is 6. The largest absolute Gasteiger partial charge is 0.272 e. The van der Waals surface area contributed by atoms with Crippen LogP contribution >= 0.6 is 0 Å². The molecule has 0 fully saturated rings. The minimum absolute atomic E-state index is 0.319. The lowest BCUT2D eigenvalue weighted by Gasteiger charge is -2.01. The van der Waals surface area contributed by atoms with Crippen molar-refractivity contribution in [3.8, 4) is 11.3 Å². The molecule has 0 saturated heterocycles. The van der Waals surface area contributed by atoms with E-state index < -0.39 is 5.95 Å². The molecule has 0 aromatic carbocycles. The average Bonchev–Trinajstić information content (AvgIpc) is 3.09. The van der Waals surface area contributed by atoms with Crippen molar-refractivity contribution in [3.05, 3.63) is 41.4 Å². The van der Waals surface area contributed by atoms with Crippen molar-refractivity contribution in [1.29, 1.82) is 0 Å². The van der Waals surface area contributed by atoms with E-state index >= 15 is 0 Å². The van der Waals surface area contributed by atoms with Crippen LogP contribution in [0.15, 0.2) is 23.6 Å². The predicted octanol–water partition coefficient (Wildman–Crippen LogP) is 2.30. The summed E-state index contributed by atoms with van der Waals surface area (Å²) in [5.41, 5.74) is 6.18. The van der Waals surface area contributed by atoms with Crippen molar-refractivity contribution in [3.63, 3.8) is 0 Å². The topological polar surface area (TPSA) is 85.8 Å². The molecule has 25 heavy (non-hydrogen) atoms. The Morgan fingerprint density at radius 2 is 2.08 bits per heavy atom. The summed E-state index contributed by atoms with van der Waals surface area (Å²) >= 11 is 0. The van der Waals surface area contributed by atoms with Crippen molar-refractivity contribution >= 4 is 12.2 Å². The van der Waals surface area contributed by atoms with Gasteiger partial charge in [-0.25, -0.2) is 20.1 Å². The van der Waals surface area contributed by atoms with Crippen LogP contribution in [0.2, 0.25) is 0 Å². The van der Waals surface area contributed by atoms with Crippen molar-refractivity contribution in [2.45, 2.75) is 27.3 Å². The molecule has 8 nitrogen and oxygen atoms in total. The van der Waals surface area contributed by atoms with Crippen LogP contribution < -0.4 is 5.43 Å². The third-order valence-corrected chi connectivity index (χ3v) is 3.76. The van der Waals surface area contributed by atoms with Gasteiger partial charge in [-0.2, -0.15) is 19.7 Å². The van der Waals surface area contributed by atoms with Crippen molar-refractivity contribution in [1.82, 2.24) is 29.5 Å². The highest BCUT2D eigenvalue weighted by Gasteiger charge is 2.11. The van der Waals surface area contributed by atoms with E-state index in [1.165, 1.54) is 10.9 Å². The van der Waals surface area contributed by atoms with Crippen LogP contribution in [-0.2, 0) is 13.6 Å². The average molecular weight is 342 g/mol. The number of anilines is 1. The highest BCUT2D eigenvalue weighted by Crippen LogP contribution is 2.21. The molecule has 0 bridgehead atoms. The smallest absolute Gasteiger partial charge is 0.244 e. The van der Waals surface area contributed by atoms with Crippen LogP contribution in [0.4, 0.5) is 10.3 Å². The first-order chi connectivity index (χ1) is 12.0. The zero-order valence-corrected chi connectivity index (χ0v) is 14.5. The number of nitrogens with one attached hydrogen (secondary N) is 1. The minimum atomic E-state index is -0.444. The summed E-state index contributed by atoms with van der Waals surface area (Å²) in [4.78, 5) is 8.55. The van der Waals surface area contributed by atoms with Crippen LogP contribution in [0.3, 0.4) is 0 Å². The standard InChI is InChI=1S/C16H19FN8/c1-5-25-9-13(11(3)23-25)14-6-7-18-16(20-14)21-19-8-12-10(2)22-24(4)15(12)17/h6-9H,5H2,1-4H3,(H,18,20,21)/b19-8+. The van der Waals surface area contributed by atoms with Gasteiger partial charge in [0, 0.05) is 31.5 Å². The number of halogens is 1. The van der Waals surface area contributed by atoms with Crippen LogP contribution in [0, 0.1) is 19.8 Å². The summed E-state index contributed by atoms with van der Waals surface area (Å²) in [6.07, 6.45) is 4.95. The molecule has 0 aliphatic heterocycles. The van der Waals surface area contributed by atoms with Gasteiger partial charge in [-0.15, -0.1) is 0 Å². The van der Waals surface area contributed by atoms with E-state index in [4.69, 9.17) is 0 Å². The molecule has 0 spiro atoms. The Balaban J connectivity index is 1.80. The molecule has 9 heteroatoms. The van der Waals surface area contributed by atoms with E-state index in [0.29, 0.717) is 17.2 Å². The van der Waals surface area contributed by atoms with Gasteiger partial charge in [0.25, 0.3) is 0 Å². The molecule has 0 amide bonds. The minimum Gasteiger partial charge on any atom is -0.272 e. The first kappa shape index (κ1) is 16.7. The molecular weight excluding hydrogens is 323 g/mol. The normalized spacial score (nSPS) is 11.4. The quantitative estimate of drug-likeness (QED) is 0.568. The molecule has 3 aromatic rings. The molecule has 0 radical (unpaired) electrons. The Hall–Kier alpha value is -3.10. The van der Waals surface area contributed by atoms with E-state index in [-0.39, 0.29) is 0 Å². The molecule has 0 saturated carbocycles. The molecule has 3 aromatic heterocycles. The molecule has 0 aliphatic rings. The molecule has 3 heterocycles. The van der Waals surface area contributed by atoms with Crippen LogP contribution in [0.1, 0.15) is 23.9 Å². The van der Waals surface area contributed by atoms with E-state index in [2.05, 4.69) is 30.7 Å². The molecule has 1 N–H and O–H groups in total.